The van der Waals surface area contributed by atoms with E-state index in [2.05, 4.69) is 18.2 Å². The molecule has 1 fully saturated rings. The number of hydrogen-bond donors (Lipinski definition) is 0. The van der Waals surface area contributed by atoms with E-state index in [1.807, 2.05) is 0 Å². The zero-order valence-electron chi connectivity index (χ0n) is 8.71. The van der Waals surface area contributed by atoms with Crippen molar-refractivity contribution in [1.82, 2.24) is 0 Å². The summed E-state index contributed by atoms with van der Waals surface area (Å²) in [6.45, 7) is 0.849. The van der Waals surface area contributed by atoms with Crippen molar-refractivity contribution in [2.45, 2.75) is 37.0 Å². The van der Waals surface area contributed by atoms with Crippen LogP contribution in [0.5, 0.6) is 5.75 Å². The maximum atomic E-state index is 6.15. The third-order valence-corrected chi connectivity index (χ3v) is 3.95. The molecule has 1 heterocycles. The van der Waals surface area contributed by atoms with E-state index in [9.17, 15) is 0 Å². The molecule has 3 rings (SSSR count). The number of ether oxygens (including phenoxy) is 1. The first-order valence-electron chi connectivity index (χ1n) is 5.72. The van der Waals surface area contributed by atoms with Gasteiger partial charge >= 0.3 is 0 Å². The molecule has 0 saturated heterocycles. The zero-order valence-corrected chi connectivity index (χ0v) is 9.46. The van der Waals surface area contributed by atoms with Crippen LogP contribution in [0.1, 0.15) is 36.3 Å². The Bertz CT molecular complexity index is 375. The van der Waals surface area contributed by atoms with Gasteiger partial charge in [-0.05, 0) is 42.4 Å². The molecule has 1 saturated carbocycles. The number of fused-ring (bicyclic) bond motifs is 1. The van der Waals surface area contributed by atoms with E-state index in [1.165, 1.54) is 24.0 Å². The van der Waals surface area contributed by atoms with Crippen molar-refractivity contribution in [3.8, 4) is 5.75 Å². The summed E-state index contributed by atoms with van der Waals surface area (Å²) >= 11 is 6.15. The van der Waals surface area contributed by atoms with Crippen LogP contribution in [0.3, 0.4) is 0 Å². The monoisotopic (exact) mass is 222 g/mol. The summed E-state index contributed by atoms with van der Waals surface area (Å²) in [6.07, 6.45) is 4.62. The fourth-order valence-electron chi connectivity index (χ4n) is 2.69. The summed E-state index contributed by atoms with van der Waals surface area (Å²) in [5, 5.41) is 0.388. The van der Waals surface area contributed by atoms with Crippen LogP contribution in [0, 0.1) is 0 Å². The predicted octanol–water partition coefficient (Wildman–Crippen LogP) is 3.50. The van der Waals surface area contributed by atoms with Crippen LogP contribution in [0.4, 0.5) is 0 Å². The second-order valence-corrected chi connectivity index (χ2v) is 5.19. The highest BCUT2D eigenvalue weighted by molar-refractivity contribution is 6.20. The fraction of sp³-hybridized carbons (Fsp3) is 0.538. The van der Waals surface area contributed by atoms with Crippen LogP contribution in [-0.2, 0) is 6.42 Å². The summed E-state index contributed by atoms with van der Waals surface area (Å²) in [7, 11) is 0. The highest BCUT2D eigenvalue weighted by atomic mass is 35.5. The van der Waals surface area contributed by atoms with Crippen molar-refractivity contribution >= 4 is 11.6 Å². The number of benzene rings is 1. The molecule has 1 aliphatic carbocycles. The molecule has 0 radical (unpaired) electrons. The van der Waals surface area contributed by atoms with Gasteiger partial charge in [0.2, 0.25) is 0 Å². The highest BCUT2D eigenvalue weighted by Crippen LogP contribution is 2.39. The molecular weight excluding hydrogens is 208 g/mol. The average molecular weight is 223 g/mol. The number of hydrogen-bond acceptors (Lipinski definition) is 1. The van der Waals surface area contributed by atoms with Gasteiger partial charge in [-0.1, -0.05) is 12.1 Å². The van der Waals surface area contributed by atoms with Gasteiger partial charge in [-0.15, -0.1) is 11.6 Å². The first kappa shape index (κ1) is 9.53. The van der Waals surface area contributed by atoms with E-state index in [0.29, 0.717) is 11.3 Å². The highest BCUT2D eigenvalue weighted by Gasteiger charge is 2.25. The van der Waals surface area contributed by atoms with Gasteiger partial charge in [-0.3, -0.25) is 0 Å². The standard InChI is InChI=1S/C13H15ClO/c14-12-3-1-10(8-12)9-2-4-13-11(7-9)5-6-15-13/h2,4,7,10,12H,1,3,5-6,8H2. The van der Waals surface area contributed by atoms with Gasteiger partial charge in [-0.2, -0.15) is 0 Å². The van der Waals surface area contributed by atoms with Crippen molar-refractivity contribution in [2.24, 2.45) is 0 Å². The lowest BCUT2D eigenvalue weighted by atomic mass is 9.95. The van der Waals surface area contributed by atoms with E-state index in [4.69, 9.17) is 16.3 Å². The molecule has 0 aromatic heterocycles. The van der Waals surface area contributed by atoms with Gasteiger partial charge in [0.1, 0.15) is 5.75 Å². The molecule has 0 bridgehead atoms. The Hall–Kier alpha value is -0.690. The Balaban J connectivity index is 1.87. The Kier molecular flexibility index (Phi) is 2.36. The van der Waals surface area contributed by atoms with Gasteiger partial charge < -0.3 is 4.74 Å². The Morgan fingerprint density at radius 3 is 3.00 bits per heavy atom. The molecule has 2 aliphatic rings. The second kappa shape index (κ2) is 3.71. The lowest BCUT2D eigenvalue weighted by molar-refractivity contribution is 0.357. The maximum absolute atomic E-state index is 6.15. The third kappa shape index (κ3) is 1.74. The van der Waals surface area contributed by atoms with Gasteiger partial charge in [0.05, 0.1) is 6.61 Å². The van der Waals surface area contributed by atoms with E-state index in [1.54, 1.807) is 0 Å². The minimum atomic E-state index is 0.388. The number of rotatable bonds is 1. The summed E-state index contributed by atoms with van der Waals surface area (Å²) in [5.74, 6) is 1.76. The van der Waals surface area contributed by atoms with Crippen molar-refractivity contribution in [3.05, 3.63) is 29.3 Å². The van der Waals surface area contributed by atoms with Crippen LogP contribution >= 0.6 is 11.6 Å². The predicted molar refractivity (Wildman–Crippen MR) is 61.9 cm³/mol. The van der Waals surface area contributed by atoms with E-state index < -0.39 is 0 Å². The quantitative estimate of drug-likeness (QED) is 0.661. The molecule has 0 amide bonds. The minimum Gasteiger partial charge on any atom is -0.493 e. The topological polar surface area (TPSA) is 9.23 Å². The van der Waals surface area contributed by atoms with Gasteiger partial charge in [-0.25, -0.2) is 0 Å². The van der Waals surface area contributed by atoms with Gasteiger partial charge in [0.25, 0.3) is 0 Å². The minimum absolute atomic E-state index is 0.388. The lowest BCUT2D eigenvalue weighted by Gasteiger charge is -2.10. The van der Waals surface area contributed by atoms with Crippen LogP contribution in [-0.4, -0.2) is 12.0 Å². The van der Waals surface area contributed by atoms with Crippen LogP contribution in [0.15, 0.2) is 18.2 Å². The Morgan fingerprint density at radius 1 is 1.27 bits per heavy atom. The molecule has 1 nitrogen and oxygen atoms in total. The summed E-state index contributed by atoms with van der Waals surface area (Å²) in [5.41, 5.74) is 2.84. The summed E-state index contributed by atoms with van der Waals surface area (Å²) in [6, 6.07) is 6.66. The third-order valence-electron chi connectivity index (χ3n) is 3.55. The van der Waals surface area contributed by atoms with Crippen molar-refractivity contribution < 1.29 is 4.74 Å². The van der Waals surface area contributed by atoms with Crippen LogP contribution in [0.2, 0.25) is 0 Å². The molecule has 2 atom stereocenters. The fourth-order valence-corrected chi connectivity index (χ4v) is 3.03. The molecule has 0 N–H and O–H groups in total. The zero-order chi connectivity index (χ0) is 10.3. The van der Waals surface area contributed by atoms with Crippen molar-refractivity contribution in [2.75, 3.05) is 6.61 Å². The molecule has 1 aromatic rings. The molecule has 1 aliphatic heterocycles. The van der Waals surface area contributed by atoms with Crippen LogP contribution in [0.25, 0.3) is 0 Å². The normalized spacial score (nSPS) is 28.9. The maximum Gasteiger partial charge on any atom is 0.122 e. The van der Waals surface area contributed by atoms with E-state index >= 15 is 0 Å². The molecule has 80 valence electrons. The summed E-state index contributed by atoms with van der Waals surface area (Å²) in [4.78, 5) is 0. The smallest absolute Gasteiger partial charge is 0.122 e. The Labute approximate surface area is 95.4 Å². The summed E-state index contributed by atoms with van der Waals surface area (Å²) < 4.78 is 5.51. The number of alkyl halides is 1. The number of halogens is 1. The molecule has 2 heteroatoms. The first-order valence-corrected chi connectivity index (χ1v) is 6.16. The lowest BCUT2D eigenvalue weighted by Crippen LogP contribution is -1.95. The second-order valence-electron chi connectivity index (χ2n) is 4.57. The van der Waals surface area contributed by atoms with Crippen LogP contribution < -0.4 is 4.74 Å². The van der Waals surface area contributed by atoms with Crippen molar-refractivity contribution in [3.63, 3.8) is 0 Å². The van der Waals surface area contributed by atoms with E-state index in [-0.39, 0.29) is 0 Å². The largest absolute Gasteiger partial charge is 0.493 e. The average Bonchev–Trinajstić information content (AvgIpc) is 2.84. The van der Waals surface area contributed by atoms with Gasteiger partial charge in [0, 0.05) is 11.8 Å². The van der Waals surface area contributed by atoms with Gasteiger partial charge in [0.15, 0.2) is 0 Å². The molecule has 0 spiro atoms. The molecular formula is C13H15ClO. The molecule has 1 aromatic carbocycles. The Morgan fingerprint density at radius 2 is 2.20 bits per heavy atom. The first-order chi connectivity index (χ1) is 7.33. The molecule has 15 heavy (non-hydrogen) atoms. The molecule has 2 unspecified atom stereocenters. The van der Waals surface area contributed by atoms with E-state index in [0.717, 1.165) is 25.2 Å². The SMILES string of the molecule is ClC1CCC(c2ccc3c(c2)CCO3)C1. The van der Waals surface area contributed by atoms with Crippen molar-refractivity contribution in [1.29, 1.82) is 0 Å².